The number of hydrogen-bond donors (Lipinski definition) is 4. The Hall–Kier alpha value is -2.19. The summed E-state index contributed by atoms with van der Waals surface area (Å²) in [5, 5.41) is 27.6. The van der Waals surface area contributed by atoms with Gasteiger partial charge in [-0.15, -0.1) is 0 Å². The van der Waals surface area contributed by atoms with Gasteiger partial charge in [0.05, 0.1) is 5.92 Å². The van der Waals surface area contributed by atoms with Gasteiger partial charge in [-0.25, -0.2) is 0 Å². The minimum absolute atomic E-state index is 0.0445. The number of nitrogens with zero attached hydrogens (tertiary/aromatic N) is 2. The third-order valence-corrected chi connectivity index (χ3v) is 27.7. The number of hydrogen-bond acceptors (Lipinski definition) is 5. The van der Waals surface area contributed by atoms with Gasteiger partial charge in [0.15, 0.2) is 0 Å². The second-order valence-corrected chi connectivity index (χ2v) is 39.5. The normalized spacial score (nSPS) is 13.8. The van der Waals surface area contributed by atoms with Crippen LogP contribution in [0.1, 0.15) is 612 Å². The first-order valence-electron chi connectivity index (χ1n) is 56.6. The molecule has 1 amide bonds. The van der Waals surface area contributed by atoms with Crippen LogP contribution >= 0.6 is 0 Å². The Morgan fingerprint density at radius 3 is 0.789 bits per heavy atom. The molecule has 4 N–H and O–H groups in total. The summed E-state index contributed by atoms with van der Waals surface area (Å²) in [6.07, 6.45) is 128. The van der Waals surface area contributed by atoms with Crippen LogP contribution in [0.2, 0.25) is 0 Å². The monoisotopic (exact) mass is 1720 g/mol. The van der Waals surface area contributed by atoms with Gasteiger partial charge in [0.1, 0.15) is 0 Å². The number of aromatic amines is 1. The first kappa shape index (κ1) is 121. The van der Waals surface area contributed by atoms with Crippen LogP contribution in [0.25, 0.3) is 16.5 Å². The largest absolute Gasteiger partial charge is 0.396 e. The van der Waals surface area contributed by atoms with Gasteiger partial charge in [-0.1, -0.05) is 593 Å². The number of aliphatic hydroxyl groups is 3. The third-order valence-electron chi connectivity index (χ3n) is 27.7. The van der Waals surface area contributed by atoms with Crippen LogP contribution in [0.5, 0.6) is 0 Å². The van der Waals surface area contributed by atoms with Gasteiger partial charge in [0, 0.05) is 62.6 Å². The van der Waals surface area contributed by atoms with Crippen molar-refractivity contribution in [2.75, 3.05) is 46.5 Å². The zero-order chi connectivity index (χ0) is 89.4. The second kappa shape index (κ2) is 100. The van der Waals surface area contributed by atoms with Crippen molar-refractivity contribution in [2.24, 2.45) is 11.8 Å². The van der Waals surface area contributed by atoms with Crippen LogP contribution in [-0.4, -0.2) is 88.6 Å². The van der Waals surface area contributed by atoms with Crippen LogP contribution in [-0.2, 0) is 11.2 Å². The lowest BCUT2D eigenvalue weighted by atomic mass is 9.79. The molecule has 1 aromatic heterocycles. The van der Waals surface area contributed by atoms with Gasteiger partial charge in [0.2, 0.25) is 5.91 Å². The van der Waals surface area contributed by atoms with E-state index in [1.807, 2.05) is 4.90 Å². The zero-order valence-corrected chi connectivity index (χ0v) is 85.2. The molecular weight excluding hydrogens is 1500 g/mol. The Kier molecular flexibility index (Phi) is 98.6. The van der Waals surface area contributed by atoms with Crippen molar-refractivity contribution in [3.05, 3.63) is 48.5 Å². The number of aromatic nitrogens is 1. The summed E-state index contributed by atoms with van der Waals surface area (Å²) in [7, 11) is 2.15. The average Bonchev–Trinajstić information content (AvgIpc) is 1.67. The van der Waals surface area contributed by atoms with Crippen molar-refractivity contribution in [1.29, 1.82) is 0 Å². The SMILES string of the molecule is CCCCCCCCCCCCCCCCCCCCCCCCCCCCCCCCO.CCCCCCCCCCCCCCCCCCCCCCCCCCCCCO.CCCCCCCCCCCCCCCCCCCCCCCCCCCO.CCN(CC)C(=O)[C@@H]1C=C2c3cccc4[nH]cc(c34)C[C@H]2N(C)C1.[CH2]C(CC)CCCC. The molecule has 1 aliphatic heterocycles. The molecule has 0 spiro atoms. The number of nitrogens with one attached hydrogen (secondary N) is 1. The summed E-state index contributed by atoms with van der Waals surface area (Å²) in [5.74, 6) is 0.914. The first-order chi connectivity index (χ1) is 60.7. The molecule has 727 valence electrons. The van der Waals surface area contributed by atoms with Gasteiger partial charge in [-0.05, 0) is 75.3 Å². The molecule has 0 saturated carbocycles. The summed E-state index contributed by atoms with van der Waals surface area (Å²) in [4.78, 5) is 20.6. The average molecular weight is 1730 g/mol. The van der Waals surface area contributed by atoms with E-state index in [1.165, 1.54) is 561 Å². The standard InChI is InChI=1S/C32H66O.C29H60O.C27H56O.C20H25N3O.C8H17/c1-2-3-4-5-6-7-8-9-10-11-12-13-14-15-16-17-18-19-20-21-22-23-24-25-26-27-28-29-30-31-32-33;1-2-3-4-5-6-7-8-9-10-11-12-13-14-15-16-17-18-19-20-21-22-23-24-25-26-27-28-29-30;1-2-3-4-5-6-7-8-9-10-11-12-13-14-15-16-17-18-19-20-21-22-23-24-25-26-27-28;1-4-23(5-2)20(24)14-9-16-15-7-6-8-17-19(15)13(11-21-17)10-18(16)22(3)12-14;1-4-6-7-8(3)5-2/h33H,2-32H2,1H3;30H,2-29H2,1H3;28H,2-27H2,1H3;6-9,11,14,18,21H,4-5,10,12H2,1-3H3;8H,3-7H2,1-2H3/t;;;14-,18-;/m...1./s1. The van der Waals surface area contributed by atoms with Gasteiger partial charge in [0.25, 0.3) is 0 Å². The van der Waals surface area contributed by atoms with Crippen LogP contribution in [0.15, 0.2) is 30.5 Å². The molecule has 123 heavy (non-hydrogen) atoms. The fourth-order valence-electron chi connectivity index (χ4n) is 19.1. The number of H-pyrrole nitrogens is 1. The van der Waals surface area contributed by atoms with E-state index in [4.69, 9.17) is 15.3 Å². The molecule has 1 radical (unpaired) electrons. The molecule has 7 heteroatoms. The van der Waals surface area contributed by atoms with E-state index in [9.17, 15) is 4.79 Å². The molecule has 3 atom stereocenters. The smallest absolute Gasteiger partial charge is 0.230 e. The summed E-state index contributed by atoms with van der Waals surface area (Å²) < 4.78 is 0. The van der Waals surface area contributed by atoms with Crippen molar-refractivity contribution < 1.29 is 20.1 Å². The molecule has 0 bridgehead atoms. The van der Waals surface area contributed by atoms with Crippen LogP contribution in [0.4, 0.5) is 0 Å². The molecule has 1 unspecified atom stereocenters. The fourth-order valence-corrected chi connectivity index (χ4v) is 19.1. The Balaban J connectivity index is 0.00000157. The number of carbonyl (C=O) groups is 1. The first-order valence-corrected chi connectivity index (χ1v) is 56.6. The van der Waals surface area contributed by atoms with E-state index in [0.29, 0.717) is 31.8 Å². The van der Waals surface area contributed by atoms with E-state index in [2.05, 4.69) is 103 Å². The third kappa shape index (κ3) is 79.3. The summed E-state index contributed by atoms with van der Waals surface area (Å²) in [6.45, 7) is 22.9. The highest BCUT2D eigenvalue weighted by Crippen LogP contribution is 2.41. The lowest BCUT2D eigenvalue weighted by Crippen LogP contribution is -2.47. The van der Waals surface area contributed by atoms with Gasteiger partial charge in [-0.2, -0.15) is 0 Å². The minimum atomic E-state index is -0.0445. The van der Waals surface area contributed by atoms with Gasteiger partial charge < -0.3 is 25.2 Å². The quantitative estimate of drug-likeness (QED) is 0.0495. The second-order valence-electron chi connectivity index (χ2n) is 39.5. The van der Waals surface area contributed by atoms with Gasteiger partial charge >= 0.3 is 0 Å². The molecule has 0 saturated heterocycles. The molecule has 4 rings (SSSR count). The summed E-state index contributed by atoms with van der Waals surface area (Å²) >= 11 is 0. The maximum Gasteiger partial charge on any atom is 0.230 e. The van der Waals surface area contributed by atoms with Crippen molar-refractivity contribution >= 4 is 22.4 Å². The van der Waals surface area contributed by atoms with Crippen molar-refractivity contribution in [3.8, 4) is 0 Å². The lowest BCUT2D eigenvalue weighted by Gasteiger charge is -2.40. The minimum Gasteiger partial charge on any atom is -0.396 e. The predicted octanol–water partition coefficient (Wildman–Crippen LogP) is 37.9. The van der Waals surface area contributed by atoms with E-state index in [0.717, 1.165) is 45.3 Å². The topological polar surface area (TPSA) is 100 Å². The molecule has 7 nitrogen and oxygen atoms in total. The number of unbranched alkanes of at least 4 members (excludes halogenated alkanes) is 80. The summed E-state index contributed by atoms with van der Waals surface area (Å²) in [6, 6.07) is 6.82. The van der Waals surface area contributed by atoms with E-state index in [1.54, 1.807) is 0 Å². The number of likely N-dealkylation sites (N-methyl/N-ethyl adjacent to an activating group) is 1. The number of fused-ring (bicyclic) bond motifs is 2. The number of amides is 1. The molecule has 0 fully saturated rings. The highest BCUT2D eigenvalue weighted by atomic mass is 16.3. The number of aliphatic hydroxyl groups excluding tert-OH is 3. The Labute approximate surface area is 772 Å². The van der Waals surface area contributed by atoms with E-state index < -0.39 is 0 Å². The molecular formula is C116H224N3O4. The number of rotatable bonds is 89. The van der Waals surface area contributed by atoms with E-state index in [-0.39, 0.29) is 11.8 Å². The van der Waals surface area contributed by atoms with Gasteiger partial charge in [-0.3, -0.25) is 9.69 Å². The Bertz CT molecular complexity index is 2280. The lowest BCUT2D eigenvalue weighted by molar-refractivity contribution is -0.134. The Morgan fingerprint density at radius 2 is 0.577 bits per heavy atom. The van der Waals surface area contributed by atoms with E-state index >= 15 is 0 Å². The molecule has 1 aliphatic carbocycles. The molecule has 2 aliphatic rings. The Morgan fingerprint density at radius 1 is 0.350 bits per heavy atom. The molecule has 2 aromatic rings. The van der Waals surface area contributed by atoms with Crippen molar-refractivity contribution in [1.82, 2.24) is 14.8 Å². The highest BCUT2D eigenvalue weighted by Gasteiger charge is 2.36. The maximum absolute atomic E-state index is 12.9. The number of benzene rings is 1. The van der Waals surface area contributed by atoms with Crippen LogP contribution < -0.4 is 0 Å². The predicted molar refractivity (Wildman–Crippen MR) is 553 cm³/mol. The van der Waals surface area contributed by atoms with Crippen molar-refractivity contribution in [3.63, 3.8) is 0 Å². The van der Waals surface area contributed by atoms with Crippen LogP contribution in [0.3, 0.4) is 0 Å². The maximum atomic E-state index is 12.9. The zero-order valence-electron chi connectivity index (χ0n) is 85.2. The fraction of sp³-hybridized carbons (Fsp3) is 0.897. The van der Waals surface area contributed by atoms with Crippen molar-refractivity contribution in [2.45, 2.75) is 613 Å². The highest BCUT2D eigenvalue weighted by molar-refractivity contribution is 5.99. The van der Waals surface area contributed by atoms with Crippen LogP contribution in [0, 0.1) is 18.8 Å². The molecule has 1 aromatic carbocycles. The molecule has 2 heterocycles. The summed E-state index contributed by atoms with van der Waals surface area (Å²) in [5.41, 5.74) is 5.21. The number of carbonyl (C=O) groups excluding carboxylic acids is 1.